The molecule has 0 aliphatic heterocycles. The molecule has 0 aliphatic rings. The van der Waals surface area contributed by atoms with Crippen molar-refractivity contribution in [3.63, 3.8) is 0 Å². The van der Waals surface area contributed by atoms with Crippen molar-refractivity contribution in [2.45, 2.75) is 85.5 Å². The average molecular weight is 496 g/mol. The molecule has 2 rings (SSSR count). The van der Waals surface area contributed by atoms with E-state index in [0.717, 1.165) is 36.4 Å². The molecule has 0 heterocycles. The van der Waals surface area contributed by atoms with Gasteiger partial charge in [0, 0.05) is 12.0 Å². The van der Waals surface area contributed by atoms with Crippen LogP contribution >= 0.6 is 0 Å². The molecule has 0 aromatic heterocycles. The third-order valence-electron chi connectivity index (χ3n) is 5.99. The van der Waals surface area contributed by atoms with Gasteiger partial charge in [-0.25, -0.2) is 0 Å². The normalized spacial score (nSPS) is 13.4. The molecular formula is C30H45N3O3. The molecule has 2 aromatic rings. The molecule has 2 aromatic carbocycles. The Labute approximate surface area is 217 Å². The summed E-state index contributed by atoms with van der Waals surface area (Å²) in [5, 5.41) is 6.12. The Morgan fingerprint density at radius 1 is 0.889 bits per heavy atom. The first-order valence-electron chi connectivity index (χ1n) is 13.1. The lowest BCUT2D eigenvalue weighted by molar-refractivity contribution is -0.133. The van der Waals surface area contributed by atoms with E-state index in [4.69, 9.17) is 4.74 Å². The van der Waals surface area contributed by atoms with E-state index in [-0.39, 0.29) is 17.9 Å². The van der Waals surface area contributed by atoms with Crippen molar-refractivity contribution in [3.8, 4) is 5.75 Å². The fraction of sp³-hybridized carbons (Fsp3) is 0.533. The highest BCUT2D eigenvalue weighted by Gasteiger charge is 2.30. The molecule has 6 nitrogen and oxygen atoms in total. The van der Waals surface area contributed by atoms with Crippen LogP contribution in [0.1, 0.15) is 66.0 Å². The summed E-state index contributed by atoms with van der Waals surface area (Å²) < 4.78 is 5.89. The van der Waals surface area contributed by atoms with Gasteiger partial charge in [0.1, 0.15) is 18.4 Å². The van der Waals surface area contributed by atoms with Gasteiger partial charge in [-0.1, -0.05) is 70.2 Å². The standard InChI is InChI=1S/C30H45N3O3/c1-8-33(9-2)27(19-22(3)4)29(35)31-26(28(34)32-30(5,6)7)20-23-15-17-25(18-16-23)36-21-24-13-11-10-12-14-24/h10-18,22,26-27H,8-9,19-21H2,1-7H3,(H,31,35)(H,32,34)/t26-,27-/m0/s1. The highest BCUT2D eigenvalue weighted by molar-refractivity contribution is 5.90. The summed E-state index contributed by atoms with van der Waals surface area (Å²) in [5.74, 6) is 0.861. The Kier molecular flexibility index (Phi) is 11.4. The molecular weight excluding hydrogens is 450 g/mol. The Morgan fingerprint density at radius 2 is 1.50 bits per heavy atom. The van der Waals surface area contributed by atoms with E-state index in [1.807, 2.05) is 75.4 Å². The molecule has 0 aliphatic carbocycles. The summed E-state index contributed by atoms with van der Waals surface area (Å²) in [7, 11) is 0. The van der Waals surface area contributed by atoms with Gasteiger partial charge in [-0.05, 0) is 69.5 Å². The maximum absolute atomic E-state index is 13.4. The minimum atomic E-state index is -0.668. The minimum absolute atomic E-state index is 0.0933. The molecule has 0 spiro atoms. The van der Waals surface area contributed by atoms with Crippen LogP contribution in [0.3, 0.4) is 0 Å². The topological polar surface area (TPSA) is 70.7 Å². The van der Waals surface area contributed by atoms with E-state index < -0.39 is 11.6 Å². The van der Waals surface area contributed by atoms with Crippen molar-refractivity contribution in [2.75, 3.05) is 13.1 Å². The molecule has 198 valence electrons. The number of rotatable bonds is 13. The lowest BCUT2D eigenvalue weighted by Gasteiger charge is -2.32. The van der Waals surface area contributed by atoms with Crippen LogP contribution in [0, 0.1) is 5.92 Å². The van der Waals surface area contributed by atoms with Crippen molar-refractivity contribution < 1.29 is 14.3 Å². The van der Waals surface area contributed by atoms with Crippen LogP contribution in [0.25, 0.3) is 0 Å². The van der Waals surface area contributed by atoms with Gasteiger partial charge in [0.2, 0.25) is 11.8 Å². The summed E-state index contributed by atoms with van der Waals surface area (Å²) >= 11 is 0. The first-order valence-corrected chi connectivity index (χ1v) is 13.1. The number of likely N-dealkylation sites (N-methyl/N-ethyl adjacent to an activating group) is 1. The van der Waals surface area contributed by atoms with Crippen molar-refractivity contribution in [1.82, 2.24) is 15.5 Å². The van der Waals surface area contributed by atoms with Crippen molar-refractivity contribution >= 4 is 11.8 Å². The van der Waals surface area contributed by atoms with Crippen LogP contribution in [0.15, 0.2) is 54.6 Å². The van der Waals surface area contributed by atoms with Gasteiger partial charge in [-0.2, -0.15) is 0 Å². The molecule has 0 saturated carbocycles. The Balaban J connectivity index is 2.15. The molecule has 36 heavy (non-hydrogen) atoms. The predicted molar refractivity (Wildman–Crippen MR) is 147 cm³/mol. The first kappa shape index (κ1) is 29.4. The van der Waals surface area contributed by atoms with Gasteiger partial charge in [-0.3, -0.25) is 14.5 Å². The lowest BCUT2D eigenvalue weighted by atomic mass is 9.99. The number of carbonyl (C=O) groups excluding carboxylic acids is 2. The quantitative estimate of drug-likeness (QED) is 0.412. The summed E-state index contributed by atoms with van der Waals surface area (Å²) in [6.45, 7) is 16.3. The van der Waals surface area contributed by atoms with E-state index in [1.165, 1.54) is 0 Å². The van der Waals surface area contributed by atoms with Crippen LogP contribution < -0.4 is 15.4 Å². The van der Waals surface area contributed by atoms with Crippen molar-refractivity contribution in [1.29, 1.82) is 0 Å². The number of benzene rings is 2. The number of carbonyl (C=O) groups is 2. The van der Waals surface area contributed by atoms with E-state index in [1.54, 1.807) is 0 Å². The second-order valence-corrected chi connectivity index (χ2v) is 10.8. The second kappa shape index (κ2) is 14.0. The largest absolute Gasteiger partial charge is 0.489 e. The molecule has 2 N–H and O–H groups in total. The third kappa shape index (κ3) is 10.0. The zero-order chi connectivity index (χ0) is 26.7. The highest BCUT2D eigenvalue weighted by Crippen LogP contribution is 2.17. The summed E-state index contributed by atoms with van der Waals surface area (Å²) in [5.41, 5.74) is 1.66. The van der Waals surface area contributed by atoms with Gasteiger partial charge < -0.3 is 15.4 Å². The molecule has 2 amide bonds. The molecule has 0 radical (unpaired) electrons. The third-order valence-corrected chi connectivity index (χ3v) is 5.99. The average Bonchev–Trinajstić information content (AvgIpc) is 2.82. The molecule has 2 atom stereocenters. The fourth-order valence-electron chi connectivity index (χ4n) is 4.17. The minimum Gasteiger partial charge on any atom is -0.489 e. The smallest absolute Gasteiger partial charge is 0.243 e. The first-order chi connectivity index (χ1) is 17.0. The Morgan fingerprint density at radius 3 is 2.03 bits per heavy atom. The monoisotopic (exact) mass is 495 g/mol. The number of nitrogens with one attached hydrogen (secondary N) is 2. The molecule has 0 bridgehead atoms. The molecule has 0 saturated heterocycles. The Bertz CT molecular complexity index is 932. The second-order valence-electron chi connectivity index (χ2n) is 10.8. The zero-order valence-electron chi connectivity index (χ0n) is 23.1. The number of amides is 2. The van der Waals surface area contributed by atoms with Crippen LogP contribution in [-0.2, 0) is 22.6 Å². The number of hydrogen-bond acceptors (Lipinski definition) is 4. The van der Waals surface area contributed by atoms with Crippen molar-refractivity contribution in [3.05, 3.63) is 65.7 Å². The predicted octanol–water partition coefficient (Wildman–Crippen LogP) is 4.96. The van der Waals surface area contributed by atoms with Crippen molar-refractivity contribution in [2.24, 2.45) is 5.92 Å². The van der Waals surface area contributed by atoms with Gasteiger partial charge in [0.25, 0.3) is 0 Å². The van der Waals surface area contributed by atoms with Gasteiger partial charge in [0.05, 0.1) is 6.04 Å². The van der Waals surface area contributed by atoms with Gasteiger partial charge in [0.15, 0.2) is 0 Å². The van der Waals surface area contributed by atoms with E-state index >= 15 is 0 Å². The van der Waals surface area contributed by atoms with Crippen LogP contribution in [0.4, 0.5) is 0 Å². The molecule has 0 fully saturated rings. The number of ether oxygens (including phenoxy) is 1. The zero-order valence-corrected chi connectivity index (χ0v) is 23.1. The van der Waals surface area contributed by atoms with E-state index in [2.05, 4.69) is 43.2 Å². The van der Waals surface area contributed by atoms with E-state index in [9.17, 15) is 9.59 Å². The van der Waals surface area contributed by atoms with Crippen LogP contribution in [0.2, 0.25) is 0 Å². The highest BCUT2D eigenvalue weighted by atomic mass is 16.5. The molecule has 0 unspecified atom stereocenters. The maximum atomic E-state index is 13.4. The maximum Gasteiger partial charge on any atom is 0.243 e. The summed E-state index contributed by atoms with van der Waals surface area (Å²) in [4.78, 5) is 28.8. The SMILES string of the molecule is CCN(CC)[C@@H](CC(C)C)C(=O)N[C@@H](Cc1ccc(OCc2ccccc2)cc1)C(=O)NC(C)(C)C. The van der Waals surface area contributed by atoms with Crippen LogP contribution in [0.5, 0.6) is 5.75 Å². The van der Waals surface area contributed by atoms with E-state index in [0.29, 0.717) is 18.9 Å². The Hall–Kier alpha value is -2.86. The molecule has 6 heteroatoms. The number of nitrogens with zero attached hydrogens (tertiary/aromatic N) is 1. The number of hydrogen-bond donors (Lipinski definition) is 2. The van der Waals surface area contributed by atoms with Gasteiger partial charge in [-0.15, -0.1) is 0 Å². The lowest BCUT2D eigenvalue weighted by Crippen LogP contribution is -2.57. The summed E-state index contributed by atoms with van der Waals surface area (Å²) in [6.07, 6.45) is 1.15. The van der Waals surface area contributed by atoms with Gasteiger partial charge >= 0.3 is 0 Å². The fourth-order valence-corrected chi connectivity index (χ4v) is 4.17. The summed E-state index contributed by atoms with van der Waals surface area (Å²) in [6, 6.07) is 16.8. The van der Waals surface area contributed by atoms with Crippen LogP contribution in [-0.4, -0.2) is 47.4 Å².